The zero-order chi connectivity index (χ0) is 15.1. The predicted molar refractivity (Wildman–Crippen MR) is 103 cm³/mol. The highest BCUT2D eigenvalue weighted by molar-refractivity contribution is 14.0. The van der Waals surface area contributed by atoms with Crippen LogP contribution in [0.25, 0.3) is 0 Å². The summed E-state index contributed by atoms with van der Waals surface area (Å²) in [6.45, 7) is 10.0. The Morgan fingerprint density at radius 3 is 2.64 bits per heavy atom. The molecule has 0 radical (unpaired) electrons. The van der Waals surface area contributed by atoms with Gasteiger partial charge in [0, 0.05) is 31.9 Å². The van der Waals surface area contributed by atoms with Crippen molar-refractivity contribution in [3.8, 4) is 0 Å². The van der Waals surface area contributed by atoms with Crippen molar-refractivity contribution < 1.29 is 4.74 Å². The number of rotatable bonds is 5. The molecule has 1 heterocycles. The van der Waals surface area contributed by atoms with Crippen molar-refractivity contribution in [2.45, 2.75) is 13.8 Å². The highest BCUT2D eigenvalue weighted by Gasteiger charge is 2.12. The van der Waals surface area contributed by atoms with Crippen molar-refractivity contribution in [3.63, 3.8) is 0 Å². The zero-order valence-electron chi connectivity index (χ0n) is 13.5. The molecular weight excluding hydrogens is 391 g/mol. The lowest BCUT2D eigenvalue weighted by Gasteiger charge is -2.28. The average Bonchev–Trinajstić information content (AvgIpc) is 2.53. The first kappa shape index (κ1) is 19.0. The van der Waals surface area contributed by atoms with E-state index in [9.17, 15) is 0 Å². The Morgan fingerprint density at radius 1 is 1.32 bits per heavy atom. The highest BCUT2D eigenvalue weighted by atomic mass is 127. The number of aliphatic imine (C=N–C) groups is 1. The number of para-hydroxylation sites is 1. The van der Waals surface area contributed by atoms with E-state index < -0.39 is 0 Å². The molecule has 0 aliphatic carbocycles. The fraction of sp³-hybridized carbons (Fsp3) is 0.562. The summed E-state index contributed by atoms with van der Waals surface area (Å²) in [5, 5.41) is 0. The second-order valence-electron chi connectivity index (χ2n) is 5.21. The molecule has 1 fully saturated rings. The van der Waals surface area contributed by atoms with Gasteiger partial charge in [-0.25, -0.2) is 0 Å². The topological polar surface area (TPSA) is 54.1 Å². The molecule has 0 amide bonds. The number of benzene rings is 1. The molecular formula is C16H27IN4O. The summed E-state index contributed by atoms with van der Waals surface area (Å²) in [6.07, 6.45) is 0. The maximum Gasteiger partial charge on any atom is 0.191 e. The number of hydrogen-bond donors (Lipinski definition) is 1. The molecule has 1 aromatic carbocycles. The number of morpholine rings is 1. The largest absolute Gasteiger partial charge is 0.378 e. The van der Waals surface area contributed by atoms with Gasteiger partial charge in [0.25, 0.3) is 0 Å². The van der Waals surface area contributed by atoms with Crippen molar-refractivity contribution in [1.29, 1.82) is 0 Å². The van der Waals surface area contributed by atoms with Gasteiger partial charge in [-0.1, -0.05) is 18.2 Å². The molecule has 2 rings (SSSR count). The summed E-state index contributed by atoms with van der Waals surface area (Å²) in [5.41, 5.74) is 8.62. The molecule has 1 aliphatic heterocycles. The molecule has 124 valence electrons. The Kier molecular flexibility index (Phi) is 8.55. The van der Waals surface area contributed by atoms with Crippen LogP contribution >= 0.6 is 24.0 Å². The van der Waals surface area contributed by atoms with Crippen LogP contribution in [0.1, 0.15) is 12.5 Å². The number of halogens is 1. The number of nitrogens with zero attached hydrogens (tertiary/aromatic N) is 3. The van der Waals surface area contributed by atoms with Gasteiger partial charge in [-0.05, 0) is 25.5 Å². The Morgan fingerprint density at radius 2 is 2.00 bits per heavy atom. The molecule has 2 N–H and O–H groups in total. The minimum atomic E-state index is 0. The van der Waals surface area contributed by atoms with Gasteiger partial charge in [-0.3, -0.25) is 4.99 Å². The van der Waals surface area contributed by atoms with E-state index >= 15 is 0 Å². The zero-order valence-corrected chi connectivity index (χ0v) is 15.8. The van der Waals surface area contributed by atoms with Gasteiger partial charge in [0.1, 0.15) is 0 Å². The third-order valence-electron chi connectivity index (χ3n) is 3.82. The average molecular weight is 418 g/mol. The Hall–Kier alpha value is -1.02. The number of ether oxygens (including phenoxy) is 1. The third-order valence-corrected chi connectivity index (χ3v) is 3.82. The van der Waals surface area contributed by atoms with Crippen molar-refractivity contribution in [1.82, 2.24) is 4.90 Å². The van der Waals surface area contributed by atoms with E-state index in [1.54, 1.807) is 0 Å². The molecule has 0 saturated carbocycles. The van der Waals surface area contributed by atoms with Gasteiger partial charge in [0.2, 0.25) is 0 Å². The molecule has 0 unspecified atom stereocenters. The van der Waals surface area contributed by atoms with Crippen LogP contribution in [0, 0.1) is 6.92 Å². The molecule has 1 aromatic rings. The monoisotopic (exact) mass is 418 g/mol. The summed E-state index contributed by atoms with van der Waals surface area (Å²) in [7, 11) is 0. The van der Waals surface area contributed by atoms with E-state index in [0.29, 0.717) is 12.5 Å². The maximum absolute atomic E-state index is 6.05. The van der Waals surface area contributed by atoms with Gasteiger partial charge in [-0.15, -0.1) is 24.0 Å². The van der Waals surface area contributed by atoms with Gasteiger partial charge >= 0.3 is 0 Å². The van der Waals surface area contributed by atoms with Crippen LogP contribution in [0.3, 0.4) is 0 Å². The van der Waals surface area contributed by atoms with Crippen LogP contribution < -0.4 is 10.6 Å². The second kappa shape index (κ2) is 9.89. The van der Waals surface area contributed by atoms with E-state index in [1.807, 2.05) is 0 Å². The first-order valence-corrected chi connectivity index (χ1v) is 7.65. The summed E-state index contributed by atoms with van der Waals surface area (Å²) in [4.78, 5) is 8.94. The van der Waals surface area contributed by atoms with E-state index in [-0.39, 0.29) is 24.0 Å². The Bertz CT molecular complexity index is 475. The minimum absolute atomic E-state index is 0. The van der Waals surface area contributed by atoms with E-state index in [0.717, 1.165) is 39.4 Å². The maximum atomic E-state index is 6.05. The molecule has 0 spiro atoms. The quantitative estimate of drug-likeness (QED) is 0.452. The van der Waals surface area contributed by atoms with Crippen LogP contribution in [0.15, 0.2) is 29.3 Å². The fourth-order valence-electron chi connectivity index (χ4n) is 2.54. The number of aryl methyl sites for hydroxylation is 1. The molecule has 5 nitrogen and oxygen atoms in total. The second-order valence-corrected chi connectivity index (χ2v) is 5.21. The van der Waals surface area contributed by atoms with Crippen LogP contribution in [0.4, 0.5) is 5.69 Å². The summed E-state index contributed by atoms with van der Waals surface area (Å²) >= 11 is 0. The van der Waals surface area contributed by atoms with Crippen LogP contribution in [-0.2, 0) is 4.74 Å². The van der Waals surface area contributed by atoms with E-state index in [2.05, 4.69) is 52.9 Å². The van der Waals surface area contributed by atoms with Crippen LogP contribution in [-0.4, -0.2) is 56.8 Å². The van der Waals surface area contributed by atoms with Crippen LogP contribution in [0.5, 0.6) is 0 Å². The normalized spacial score (nSPS) is 15.4. The number of guanidine groups is 1. The molecule has 1 saturated heterocycles. The molecule has 0 aromatic heterocycles. The number of likely N-dealkylation sites (N-methyl/N-ethyl adjacent to an activating group) is 1. The first-order chi connectivity index (χ1) is 10.2. The van der Waals surface area contributed by atoms with Crippen molar-refractivity contribution in [2.75, 3.05) is 50.8 Å². The van der Waals surface area contributed by atoms with E-state index in [1.165, 1.54) is 11.3 Å². The fourth-order valence-corrected chi connectivity index (χ4v) is 2.54. The molecule has 6 heteroatoms. The minimum Gasteiger partial charge on any atom is -0.378 e. The lowest BCUT2D eigenvalue weighted by molar-refractivity contribution is 0.0674. The molecule has 0 bridgehead atoms. The molecule has 1 aliphatic rings. The number of anilines is 1. The van der Waals surface area contributed by atoms with Crippen molar-refractivity contribution >= 4 is 35.6 Å². The SMILES string of the molecule is CCN(CCN=C(N)N1CCOCC1)c1ccccc1C.I. The summed E-state index contributed by atoms with van der Waals surface area (Å²) in [5.74, 6) is 0.638. The number of nitrogens with two attached hydrogens (primary N) is 1. The van der Waals surface area contributed by atoms with Crippen molar-refractivity contribution in [2.24, 2.45) is 10.7 Å². The predicted octanol–water partition coefficient (Wildman–Crippen LogP) is 2.09. The summed E-state index contributed by atoms with van der Waals surface area (Å²) in [6, 6.07) is 8.45. The molecule has 22 heavy (non-hydrogen) atoms. The van der Waals surface area contributed by atoms with Crippen LogP contribution in [0.2, 0.25) is 0 Å². The van der Waals surface area contributed by atoms with Gasteiger partial charge in [0.15, 0.2) is 5.96 Å². The van der Waals surface area contributed by atoms with E-state index in [4.69, 9.17) is 10.5 Å². The lowest BCUT2D eigenvalue weighted by Crippen LogP contribution is -2.45. The summed E-state index contributed by atoms with van der Waals surface area (Å²) < 4.78 is 5.32. The smallest absolute Gasteiger partial charge is 0.191 e. The van der Waals surface area contributed by atoms with Gasteiger partial charge < -0.3 is 20.3 Å². The first-order valence-electron chi connectivity index (χ1n) is 7.65. The number of hydrogen-bond acceptors (Lipinski definition) is 3. The van der Waals surface area contributed by atoms with Gasteiger partial charge in [0.05, 0.1) is 19.8 Å². The Balaban J connectivity index is 0.00000242. The standard InChI is InChI=1S/C16H26N4O.HI/c1-3-19(15-7-5-4-6-14(15)2)9-8-18-16(17)20-10-12-21-13-11-20;/h4-7H,3,8-13H2,1-2H3,(H2,17,18);1H. The Labute approximate surface area is 150 Å². The van der Waals surface area contributed by atoms with Gasteiger partial charge in [-0.2, -0.15) is 0 Å². The lowest BCUT2D eigenvalue weighted by atomic mass is 10.2. The molecule has 0 atom stereocenters. The van der Waals surface area contributed by atoms with Crippen molar-refractivity contribution in [3.05, 3.63) is 29.8 Å². The highest BCUT2D eigenvalue weighted by Crippen LogP contribution is 2.18. The third kappa shape index (κ3) is 5.31.